The molecule has 1 aromatic carbocycles. The van der Waals surface area contributed by atoms with Crippen molar-refractivity contribution in [1.29, 1.82) is 0 Å². The lowest BCUT2D eigenvalue weighted by molar-refractivity contribution is -0.385. The van der Waals surface area contributed by atoms with Crippen molar-refractivity contribution in [3.8, 4) is 0 Å². The molecule has 2 unspecified atom stereocenters. The molecule has 0 bridgehead atoms. The molecule has 1 aliphatic carbocycles. The molecule has 1 fully saturated rings. The standard InChI is InChI=1S/C15H22N2O3/c1-5-20-14-9-13(15(14,3)4)16-11-6-7-12(17(18)19)10(2)8-11/h6-8,13-14,16H,5,9H2,1-4H3. The molecule has 0 aliphatic heterocycles. The molecule has 0 saturated heterocycles. The predicted molar refractivity (Wildman–Crippen MR) is 79.1 cm³/mol. The van der Waals surface area contributed by atoms with Gasteiger partial charge in [-0.25, -0.2) is 0 Å². The van der Waals surface area contributed by atoms with Crippen molar-refractivity contribution in [3.63, 3.8) is 0 Å². The van der Waals surface area contributed by atoms with Crippen LogP contribution < -0.4 is 5.32 Å². The molecule has 110 valence electrons. The summed E-state index contributed by atoms with van der Waals surface area (Å²) >= 11 is 0. The molecule has 2 atom stereocenters. The molecule has 1 aromatic rings. The second-order valence-electron chi connectivity index (χ2n) is 5.96. The van der Waals surface area contributed by atoms with Gasteiger partial charge in [0.15, 0.2) is 0 Å². The van der Waals surface area contributed by atoms with Crippen molar-refractivity contribution in [2.75, 3.05) is 11.9 Å². The maximum absolute atomic E-state index is 10.8. The quantitative estimate of drug-likeness (QED) is 0.661. The van der Waals surface area contributed by atoms with E-state index in [1.165, 1.54) is 0 Å². The van der Waals surface area contributed by atoms with Crippen LogP contribution in [0.25, 0.3) is 0 Å². The lowest BCUT2D eigenvalue weighted by Crippen LogP contribution is -2.58. The highest BCUT2D eigenvalue weighted by atomic mass is 16.6. The van der Waals surface area contributed by atoms with Crippen LogP contribution in [-0.4, -0.2) is 23.7 Å². The Hall–Kier alpha value is -1.62. The highest BCUT2D eigenvalue weighted by Crippen LogP contribution is 2.44. The summed E-state index contributed by atoms with van der Waals surface area (Å²) in [4.78, 5) is 10.5. The number of benzene rings is 1. The van der Waals surface area contributed by atoms with Crippen molar-refractivity contribution in [3.05, 3.63) is 33.9 Å². The Morgan fingerprint density at radius 3 is 2.70 bits per heavy atom. The van der Waals surface area contributed by atoms with E-state index < -0.39 is 0 Å². The second-order valence-corrected chi connectivity index (χ2v) is 5.96. The fourth-order valence-electron chi connectivity index (χ4n) is 2.77. The second kappa shape index (κ2) is 5.40. The molecule has 0 spiro atoms. The Bertz CT molecular complexity index is 514. The molecule has 1 aliphatic rings. The molecular formula is C15H22N2O3. The third kappa shape index (κ3) is 2.63. The molecular weight excluding hydrogens is 256 g/mol. The number of nitro groups is 1. The van der Waals surface area contributed by atoms with Gasteiger partial charge < -0.3 is 10.1 Å². The minimum absolute atomic E-state index is 0.0751. The molecule has 5 nitrogen and oxygen atoms in total. The first kappa shape index (κ1) is 14.8. The zero-order chi connectivity index (χ0) is 14.9. The van der Waals surface area contributed by atoms with Crippen LogP contribution in [0.15, 0.2) is 18.2 Å². The molecule has 0 heterocycles. The molecule has 1 N–H and O–H groups in total. The van der Waals surface area contributed by atoms with Crippen LogP contribution in [0, 0.1) is 22.5 Å². The summed E-state index contributed by atoms with van der Waals surface area (Å²) in [6, 6.07) is 5.50. The van der Waals surface area contributed by atoms with Crippen molar-refractivity contribution in [2.24, 2.45) is 5.41 Å². The number of nitro benzene ring substituents is 1. The van der Waals surface area contributed by atoms with Gasteiger partial charge in [0.1, 0.15) is 0 Å². The van der Waals surface area contributed by atoms with Gasteiger partial charge in [-0.15, -0.1) is 0 Å². The number of hydrogen-bond acceptors (Lipinski definition) is 4. The Balaban J connectivity index is 2.05. The molecule has 5 heteroatoms. The summed E-state index contributed by atoms with van der Waals surface area (Å²) in [5.74, 6) is 0. The van der Waals surface area contributed by atoms with Crippen LogP contribution >= 0.6 is 0 Å². The third-order valence-corrected chi connectivity index (χ3v) is 4.28. The van der Waals surface area contributed by atoms with Gasteiger partial charge in [-0.1, -0.05) is 13.8 Å². The maximum atomic E-state index is 10.8. The van der Waals surface area contributed by atoms with Crippen molar-refractivity contribution < 1.29 is 9.66 Å². The summed E-state index contributed by atoms with van der Waals surface area (Å²) in [7, 11) is 0. The first-order valence-corrected chi connectivity index (χ1v) is 6.99. The SMILES string of the molecule is CCOC1CC(Nc2ccc([N+](=O)[O-])c(C)c2)C1(C)C. The van der Waals surface area contributed by atoms with E-state index in [0.717, 1.165) is 18.7 Å². The van der Waals surface area contributed by atoms with Gasteiger partial charge in [-0.2, -0.15) is 0 Å². The van der Waals surface area contributed by atoms with E-state index in [4.69, 9.17) is 4.74 Å². The van der Waals surface area contributed by atoms with Crippen LogP contribution in [0.4, 0.5) is 11.4 Å². The third-order valence-electron chi connectivity index (χ3n) is 4.28. The van der Waals surface area contributed by atoms with Gasteiger partial charge in [0.25, 0.3) is 5.69 Å². The lowest BCUT2D eigenvalue weighted by atomic mass is 9.64. The van der Waals surface area contributed by atoms with Crippen LogP contribution in [0.5, 0.6) is 0 Å². The molecule has 0 amide bonds. The fourth-order valence-corrected chi connectivity index (χ4v) is 2.77. The first-order valence-electron chi connectivity index (χ1n) is 6.99. The fraction of sp³-hybridized carbons (Fsp3) is 0.600. The van der Waals surface area contributed by atoms with E-state index in [9.17, 15) is 10.1 Å². The average molecular weight is 278 g/mol. The largest absolute Gasteiger partial charge is 0.382 e. The molecule has 1 saturated carbocycles. The van der Waals surface area contributed by atoms with E-state index in [-0.39, 0.29) is 22.1 Å². The first-order chi connectivity index (χ1) is 9.36. The average Bonchev–Trinajstić information content (AvgIpc) is 2.37. The van der Waals surface area contributed by atoms with Crippen molar-refractivity contribution in [2.45, 2.75) is 46.3 Å². The number of hydrogen-bond donors (Lipinski definition) is 1. The summed E-state index contributed by atoms with van der Waals surface area (Å²) in [6.07, 6.45) is 1.25. The minimum atomic E-state index is -0.350. The summed E-state index contributed by atoms with van der Waals surface area (Å²) < 4.78 is 5.71. The zero-order valence-electron chi connectivity index (χ0n) is 12.5. The van der Waals surface area contributed by atoms with Gasteiger partial charge in [0, 0.05) is 35.4 Å². The monoisotopic (exact) mass is 278 g/mol. The normalized spacial score (nSPS) is 24.0. The molecule has 0 aromatic heterocycles. The predicted octanol–water partition coefficient (Wildman–Crippen LogP) is 3.52. The summed E-state index contributed by atoms with van der Waals surface area (Å²) in [6.45, 7) is 8.88. The number of aryl methyl sites for hydroxylation is 1. The van der Waals surface area contributed by atoms with Gasteiger partial charge >= 0.3 is 0 Å². The summed E-state index contributed by atoms with van der Waals surface area (Å²) in [5, 5.41) is 14.3. The lowest BCUT2D eigenvalue weighted by Gasteiger charge is -2.52. The Morgan fingerprint density at radius 1 is 1.50 bits per heavy atom. The van der Waals surface area contributed by atoms with Crippen LogP contribution in [0.1, 0.15) is 32.8 Å². The van der Waals surface area contributed by atoms with Gasteiger partial charge in [0.05, 0.1) is 11.0 Å². The zero-order valence-corrected chi connectivity index (χ0v) is 12.5. The maximum Gasteiger partial charge on any atom is 0.272 e. The Labute approximate surface area is 119 Å². The minimum Gasteiger partial charge on any atom is -0.382 e. The number of ether oxygens (including phenoxy) is 1. The van der Waals surface area contributed by atoms with E-state index in [2.05, 4.69) is 19.2 Å². The number of nitrogens with one attached hydrogen (secondary N) is 1. The molecule has 2 rings (SSSR count). The molecule has 0 radical (unpaired) electrons. The Morgan fingerprint density at radius 2 is 2.20 bits per heavy atom. The Kier molecular flexibility index (Phi) is 3.99. The smallest absolute Gasteiger partial charge is 0.272 e. The highest BCUT2D eigenvalue weighted by molar-refractivity contribution is 5.54. The highest BCUT2D eigenvalue weighted by Gasteiger charge is 2.48. The van der Waals surface area contributed by atoms with Gasteiger partial charge in [0.2, 0.25) is 0 Å². The van der Waals surface area contributed by atoms with Crippen molar-refractivity contribution >= 4 is 11.4 Å². The van der Waals surface area contributed by atoms with E-state index in [1.54, 1.807) is 19.1 Å². The number of anilines is 1. The van der Waals surface area contributed by atoms with Gasteiger partial charge in [-0.05, 0) is 32.4 Å². The van der Waals surface area contributed by atoms with E-state index >= 15 is 0 Å². The van der Waals surface area contributed by atoms with Crippen LogP contribution in [0.3, 0.4) is 0 Å². The molecule has 20 heavy (non-hydrogen) atoms. The van der Waals surface area contributed by atoms with E-state index in [1.807, 2.05) is 13.0 Å². The van der Waals surface area contributed by atoms with Crippen LogP contribution in [-0.2, 0) is 4.74 Å². The number of nitrogens with zero attached hydrogens (tertiary/aromatic N) is 1. The summed E-state index contributed by atoms with van der Waals surface area (Å²) in [5.41, 5.74) is 1.85. The van der Waals surface area contributed by atoms with Crippen LogP contribution in [0.2, 0.25) is 0 Å². The van der Waals surface area contributed by atoms with Crippen molar-refractivity contribution in [1.82, 2.24) is 0 Å². The number of rotatable bonds is 5. The van der Waals surface area contributed by atoms with Gasteiger partial charge in [-0.3, -0.25) is 10.1 Å². The van der Waals surface area contributed by atoms with E-state index in [0.29, 0.717) is 11.6 Å². The topological polar surface area (TPSA) is 64.4 Å².